The minimum absolute atomic E-state index is 0.0183. The van der Waals surface area contributed by atoms with E-state index in [1.165, 1.54) is 0 Å². The Morgan fingerprint density at radius 1 is 1.03 bits per heavy atom. The lowest BCUT2D eigenvalue weighted by Crippen LogP contribution is -2.24. The van der Waals surface area contributed by atoms with Crippen LogP contribution in [0.15, 0.2) is 40.9 Å². The Morgan fingerprint density at radius 3 is 2.41 bits per heavy atom. The molecule has 5 nitrogen and oxygen atoms in total. The van der Waals surface area contributed by atoms with Crippen molar-refractivity contribution >= 4 is 21.8 Å². The highest BCUT2D eigenvalue weighted by molar-refractivity contribution is 9.10. The summed E-state index contributed by atoms with van der Waals surface area (Å²) in [5, 5.41) is 2.95. The SMILES string of the molecule is COc1cc(CNC(=O)c2cc(Br)ccc2OC(C)C)ccc1OCCC(C)C. The van der Waals surface area contributed by atoms with Gasteiger partial charge in [0.1, 0.15) is 5.75 Å². The van der Waals surface area contributed by atoms with E-state index in [0.29, 0.717) is 41.9 Å². The van der Waals surface area contributed by atoms with Crippen LogP contribution in [0, 0.1) is 5.92 Å². The van der Waals surface area contributed by atoms with Gasteiger partial charge in [0, 0.05) is 11.0 Å². The average molecular weight is 464 g/mol. The van der Waals surface area contributed by atoms with Crippen molar-refractivity contribution in [2.45, 2.75) is 46.8 Å². The summed E-state index contributed by atoms with van der Waals surface area (Å²) in [6.07, 6.45) is 0.962. The molecule has 2 rings (SSSR count). The number of nitrogens with one attached hydrogen (secondary N) is 1. The maximum atomic E-state index is 12.7. The highest BCUT2D eigenvalue weighted by Crippen LogP contribution is 2.29. The Bertz CT molecular complexity index is 821. The van der Waals surface area contributed by atoms with Gasteiger partial charge in [0.05, 0.1) is 25.4 Å². The van der Waals surface area contributed by atoms with Gasteiger partial charge < -0.3 is 19.5 Å². The summed E-state index contributed by atoms with van der Waals surface area (Å²) in [7, 11) is 1.62. The van der Waals surface area contributed by atoms with Crippen molar-refractivity contribution in [2.24, 2.45) is 5.92 Å². The quantitative estimate of drug-likeness (QED) is 0.498. The molecular weight excluding hydrogens is 434 g/mol. The van der Waals surface area contributed by atoms with Crippen LogP contribution in [0.4, 0.5) is 0 Å². The zero-order chi connectivity index (χ0) is 21.4. The molecule has 0 saturated heterocycles. The summed E-state index contributed by atoms with van der Waals surface area (Å²) < 4.78 is 17.9. The molecule has 0 aliphatic rings. The first-order valence-corrected chi connectivity index (χ1v) is 10.6. The van der Waals surface area contributed by atoms with Crippen LogP contribution in [0.25, 0.3) is 0 Å². The van der Waals surface area contributed by atoms with Crippen LogP contribution in [0.5, 0.6) is 17.2 Å². The Kier molecular flexibility index (Phi) is 8.83. The summed E-state index contributed by atoms with van der Waals surface area (Å²) in [4.78, 5) is 12.7. The Balaban J connectivity index is 2.06. The van der Waals surface area contributed by atoms with Crippen molar-refractivity contribution in [3.8, 4) is 17.2 Å². The number of halogens is 1. The predicted molar refractivity (Wildman–Crippen MR) is 119 cm³/mol. The van der Waals surface area contributed by atoms with Crippen LogP contribution in [0.2, 0.25) is 0 Å². The van der Waals surface area contributed by atoms with Crippen LogP contribution in [-0.2, 0) is 6.54 Å². The summed E-state index contributed by atoms with van der Waals surface area (Å²) in [5.74, 6) is 2.32. The number of carbonyl (C=O) groups excluding carboxylic acids is 1. The van der Waals surface area contributed by atoms with Crippen molar-refractivity contribution < 1.29 is 19.0 Å². The molecule has 29 heavy (non-hydrogen) atoms. The molecule has 0 aliphatic heterocycles. The maximum absolute atomic E-state index is 12.7. The molecule has 0 spiro atoms. The molecule has 158 valence electrons. The predicted octanol–water partition coefficient (Wildman–Crippen LogP) is 5.60. The van der Waals surface area contributed by atoms with E-state index >= 15 is 0 Å². The van der Waals surface area contributed by atoms with E-state index in [4.69, 9.17) is 14.2 Å². The fourth-order valence-corrected chi connectivity index (χ4v) is 3.02. The van der Waals surface area contributed by atoms with E-state index in [1.54, 1.807) is 19.2 Å². The van der Waals surface area contributed by atoms with Gasteiger partial charge >= 0.3 is 0 Å². The molecule has 0 atom stereocenters. The van der Waals surface area contributed by atoms with Gasteiger partial charge in [-0.3, -0.25) is 4.79 Å². The third-order valence-electron chi connectivity index (χ3n) is 4.18. The first-order chi connectivity index (χ1) is 13.8. The summed E-state index contributed by atoms with van der Waals surface area (Å²) >= 11 is 3.42. The van der Waals surface area contributed by atoms with E-state index in [-0.39, 0.29) is 12.0 Å². The monoisotopic (exact) mass is 463 g/mol. The van der Waals surface area contributed by atoms with E-state index in [0.717, 1.165) is 16.5 Å². The van der Waals surface area contributed by atoms with Gasteiger partial charge in [0.15, 0.2) is 11.5 Å². The summed E-state index contributed by atoms with van der Waals surface area (Å²) in [6.45, 7) is 9.20. The molecule has 0 heterocycles. The van der Waals surface area contributed by atoms with E-state index < -0.39 is 0 Å². The third kappa shape index (κ3) is 7.28. The van der Waals surface area contributed by atoms with Crippen LogP contribution >= 0.6 is 15.9 Å². The number of carbonyl (C=O) groups is 1. The molecule has 0 radical (unpaired) electrons. The molecule has 0 unspecified atom stereocenters. The number of benzene rings is 2. The largest absolute Gasteiger partial charge is 0.493 e. The first kappa shape index (κ1) is 23.1. The van der Waals surface area contributed by atoms with Crippen molar-refractivity contribution in [3.63, 3.8) is 0 Å². The second-order valence-electron chi connectivity index (χ2n) is 7.51. The van der Waals surface area contributed by atoms with Gasteiger partial charge in [-0.2, -0.15) is 0 Å². The number of amides is 1. The van der Waals surface area contributed by atoms with E-state index in [9.17, 15) is 4.79 Å². The molecule has 6 heteroatoms. The second kappa shape index (κ2) is 11.1. The number of hydrogen-bond acceptors (Lipinski definition) is 4. The number of hydrogen-bond donors (Lipinski definition) is 1. The summed E-state index contributed by atoms with van der Waals surface area (Å²) in [5.41, 5.74) is 1.42. The molecular formula is C23H30BrNO4. The Hall–Kier alpha value is -2.21. The van der Waals surface area contributed by atoms with Crippen LogP contribution in [0.1, 0.15) is 50.0 Å². The zero-order valence-electron chi connectivity index (χ0n) is 17.8. The lowest BCUT2D eigenvalue weighted by molar-refractivity contribution is 0.0945. The zero-order valence-corrected chi connectivity index (χ0v) is 19.3. The first-order valence-electron chi connectivity index (χ1n) is 9.84. The topological polar surface area (TPSA) is 56.8 Å². The normalized spacial score (nSPS) is 10.9. The van der Waals surface area contributed by atoms with E-state index in [2.05, 4.69) is 35.1 Å². The molecule has 2 aromatic carbocycles. The molecule has 0 fully saturated rings. The number of ether oxygens (including phenoxy) is 3. The molecule has 0 aliphatic carbocycles. The van der Waals surface area contributed by atoms with Gasteiger partial charge in [-0.25, -0.2) is 0 Å². The van der Waals surface area contributed by atoms with Gasteiger partial charge in [-0.15, -0.1) is 0 Å². The number of rotatable bonds is 10. The third-order valence-corrected chi connectivity index (χ3v) is 4.68. The fourth-order valence-electron chi connectivity index (χ4n) is 2.66. The highest BCUT2D eigenvalue weighted by atomic mass is 79.9. The molecule has 2 aromatic rings. The Labute approximate surface area is 181 Å². The van der Waals surface area contributed by atoms with Gasteiger partial charge in [-0.1, -0.05) is 35.8 Å². The molecule has 1 amide bonds. The van der Waals surface area contributed by atoms with Crippen molar-refractivity contribution in [1.82, 2.24) is 5.32 Å². The van der Waals surface area contributed by atoms with Crippen LogP contribution in [-0.4, -0.2) is 25.7 Å². The standard InChI is InChI=1S/C23H30BrNO4/c1-15(2)10-11-28-21-8-6-17(12-22(21)27-5)14-25-23(26)19-13-18(24)7-9-20(19)29-16(3)4/h6-9,12-13,15-16H,10-11,14H2,1-5H3,(H,25,26). The van der Waals surface area contributed by atoms with Gasteiger partial charge in [-0.05, 0) is 62.1 Å². The number of methoxy groups -OCH3 is 1. The lowest BCUT2D eigenvalue weighted by Gasteiger charge is -2.15. The molecule has 0 bridgehead atoms. The van der Waals surface area contributed by atoms with Crippen LogP contribution < -0.4 is 19.5 Å². The van der Waals surface area contributed by atoms with Gasteiger partial charge in [0.2, 0.25) is 0 Å². The highest BCUT2D eigenvalue weighted by Gasteiger charge is 2.15. The van der Waals surface area contributed by atoms with Crippen LogP contribution in [0.3, 0.4) is 0 Å². The second-order valence-corrected chi connectivity index (χ2v) is 8.42. The van der Waals surface area contributed by atoms with Crippen molar-refractivity contribution in [1.29, 1.82) is 0 Å². The summed E-state index contributed by atoms with van der Waals surface area (Å²) in [6, 6.07) is 11.1. The Morgan fingerprint density at radius 2 is 1.76 bits per heavy atom. The molecule has 0 saturated carbocycles. The molecule has 0 aromatic heterocycles. The maximum Gasteiger partial charge on any atom is 0.255 e. The lowest BCUT2D eigenvalue weighted by atomic mass is 10.1. The van der Waals surface area contributed by atoms with Crippen molar-refractivity contribution in [3.05, 3.63) is 52.0 Å². The minimum atomic E-state index is -0.196. The minimum Gasteiger partial charge on any atom is -0.493 e. The smallest absolute Gasteiger partial charge is 0.255 e. The average Bonchev–Trinajstić information content (AvgIpc) is 2.67. The van der Waals surface area contributed by atoms with Crippen molar-refractivity contribution in [2.75, 3.05) is 13.7 Å². The van der Waals surface area contributed by atoms with Gasteiger partial charge in [0.25, 0.3) is 5.91 Å². The van der Waals surface area contributed by atoms with E-state index in [1.807, 2.05) is 38.1 Å². The molecule has 1 N–H and O–H groups in total. The fraction of sp³-hybridized carbons (Fsp3) is 0.435.